The lowest BCUT2D eigenvalue weighted by Gasteiger charge is -2.23. The lowest BCUT2D eigenvalue weighted by Crippen LogP contribution is -2.28. The van der Waals surface area contributed by atoms with Crippen LogP contribution in [-0.2, 0) is 0 Å². The Morgan fingerprint density at radius 1 is 1.38 bits per heavy atom. The van der Waals surface area contributed by atoms with E-state index in [1.807, 2.05) is 0 Å². The van der Waals surface area contributed by atoms with Crippen LogP contribution in [0.2, 0.25) is 0 Å². The molecule has 0 aliphatic carbocycles. The molecule has 2 unspecified atom stereocenters. The predicted octanol–water partition coefficient (Wildman–Crippen LogP) is 4.61. The standard InChI is InChI=1S/C18H29BrN2/c1-3-6-15-9-11-21(14-15)12-10-18(20-4-2)16-7-5-8-17(19)13-16/h5,7-8,13,15,18,20H,3-4,6,9-12,14H2,1-2H3. The quantitative estimate of drug-likeness (QED) is 0.734. The highest BCUT2D eigenvalue weighted by Gasteiger charge is 2.22. The van der Waals surface area contributed by atoms with E-state index in [4.69, 9.17) is 0 Å². The molecule has 1 fully saturated rings. The average Bonchev–Trinajstić information content (AvgIpc) is 2.91. The Labute approximate surface area is 138 Å². The first-order valence-electron chi connectivity index (χ1n) is 8.44. The number of halogens is 1. The van der Waals surface area contributed by atoms with Crippen LogP contribution >= 0.6 is 15.9 Å². The highest BCUT2D eigenvalue weighted by atomic mass is 79.9. The van der Waals surface area contributed by atoms with Gasteiger partial charge in [0, 0.05) is 17.1 Å². The van der Waals surface area contributed by atoms with Crippen LogP contribution in [0.3, 0.4) is 0 Å². The van der Waals surface area contributed by atoms with Gasteiger partial charge >= 0.3 is 0 Å². The fourth-order valence-electron chi connectivity index (χ4n) is 3.43. The van der Waals surface area contributed by atoms with E-state index in [1.165, 1.54) is 55.4 Å². The molecule has 1 aromatic rings. The third-order valence-electron chi connectivity index (χ3n) is 4.50. The topological polar surface area (TPSA) is 15.3 Å². The summed E-state index contributed by atoms with van der Waals surface area (Å²) < 4.78 is 1.17. The molecule has 1 heterocycles. The van der Waals surface area contributed by atoms with E-state index < -0.39 is 0 Å². The van der Waals surface area contributed by atoms with E-state index in [9.17, 15) is 0 Å². The highest BCUT2D eigenvalue weighted by molar-refractivity contribution is 9.10. The van der Waals surface area contributed by atoms with Crippen molar-refractivity contribution < 1.29 is 0 Å². The van der Waals surface area contributed by atoms with E-state index >= 15 is 0 Å². The molecule has 1 aliphatic rings. The largest absolute Gasteiger partial charge is 0.310 e. The van der Waals surface area contributed by atoms with E-state index in [0.717, 1.165) is 12.5 Å². The Balaban J connectivity index is 1.86. The zero-order chi connectivity index (χ0) is 15.1. The number of nitrogens with one attached hydrogen (secondary N) is 1. The van der Waals surface area contributed by atoms with Crippen molar-refractivity contribution in [3.63, 3.8) is 0 Å². The Bertz CT molecular complexity index is 421. The number of likely N-dealkylation sites (tertiary alicyclic amines) is 1. The molecule has 0 bridgehead atoms. The molecular formula is C18H29BrN2. The van der Waals surface area contributed by atoms with Gasteiger partial charge in [0.05, 0.1) is 0 Å². The Kier molecular flexibility index (Phi) is 7.21. The fourth-order valence-corrected chi connectivity index (χ4v) is 3.84. The van der Waals surface area contributed by atoms with Crippen LogP contribution in [0.15, 0.2) is 28.7 Å². The van der Waals surface area contributed by atoms with Crippen LogP contribution in [0, 0.1) is 5.92 Å². The lowest BCUT2D eigenvalue weighted by molar-refractivity contribution is 0.297. The van der Waals surface area contributed by atoms with Crippen molar-refractivity contribution in [2.45, 2.75) is 45.6 Å². The van der Waals surface area contributed by atoms with Crippen molar-refractivity contribution in [2.75, 3.05) is 26.2 Å². The maximum absolute atomic E-state index is 3.64. The van der Waals surface area contributed by atoms with Crippen molar-refractivity contribution in [3.05, 3.63) is 34.3 Å². The first-order valence-corrected chi connectivity index (χ1v) is 9.23. The van der Waals surface area contributed by atoms with Crippen LogP contribution in [0.5, 0.6) is 0 Å². The van der Waals surface area contributed by atoms with Gasteiger partial charge in [-0.15, -0.1) is 0 Å². The number of nitrogens with zero attached hydrogens (tertiary/aromatic N) is 1. The average molecular weight is 353 g/mol. The van der Waals surface area contributed by atoms with E-state index in [2.05, 4.69) is 64.3 Å². The van der Waals surface area contributed by atoms with Crippen LogP contribution in [-0.4, -0.2) is 31.1 Å². The summed E-state index contributed by atoms with van der Waals surface area (Å²) in [6, 6.07) is 9.19. The zero-order valence-corrected chi connectivity index (χ0v) is 15.0. The molecule has 2 nitrogen and oxygen atoms in total. The van der Waals surface area contributed by atoms with Crippen LogP contribution in [0.4, 0.5) is 0 Å². The van der Waals surface area contributed by atoms with Gasteiger partial charge in [-0.3, -0.25) is 0 Å². The molecular weight excluding hydrogens is 324 g/mol. The molecule has 21 heavy (non-hydrogen) atoms. The molecule has 0 saturated carbocycles. The molecule has 2 atom stereocenters. The predicted molar refractivity (Wildman–Crippen MR) is 94.6 cm³/mol. The molecule has 0 spiro atoms. The molecule has 0 radical (unpaired) electrons. The third-order valence-corrected chi connectivity index (χ3v) is 5.00. The minimum atomic E-state index is 0.470. The summed E-state index contributed by atoms with van der Waals surface area (Å²) in [7, 11) is 0. The van der Waals surface area contributed by atoms with E-state index in [1.54, 1.807) is 0 Å². The second kappa shape index (κ2) is 8.92. The molecule has 118 valence electrons. The van der Waals surface area contributed by atoms with Gasteiger partial charge < -0.3 is 10.2 Å². The van der Waals surface area contributed by atoms with Gasteiger partial charge in [0.15, 0.2) is 0 Å². The van der Waals surface area contributed by atoms with Gasteiger partial charge in [-0.2, -0.15) is 0 Å². The second-order valence-electron chi connectivity index (χ2n) is 6.20. The minimum Gasteiger partial charge on any atom is -0.310 e. The first kappa shape index (κ1) is 17.0. The molecule has 0 amide bonds. The SMILES string of the molecule is CCCC1CCN(CCC(NCC)c2cccc(Br)c2)C1. The summed E-state index contributed by atoms with van der Waals surface area (Å²) in [4.78, 5) is 2.66. The zero-order valence-electron chi connectivity index (χ0n) is 13.4. The summed E-state index contributed by atoms with van der Waals surface area (Å²) in [5.74, 6) is 0.943. The molecule has 2 rings (SSSR count). The van der Waals surface area contributed by atoms with Crippen molar-refractivity contribution in [1.82, 2.24) is 10.2 Å². The highest BCUT2D eigenvalue weighted by Crippen LogP contribution is 2.24. The minimum absolute atomic E-state index is 0.470. The van der Waals surface area contributed by atoms with Crippen molar-refractivity contribution in [2.24, 2.45) is 5.92 Å². The van der Waals surface area contributed by atoms with Crippen LogP contribution in [0.25, 0.3) is 0 Å². The van der Waals surface area contributed by atoms with Crippen molar-refractivity contribution in [3.8, 4) is 0 Å². The molecule has 0 aromatic heterocycles. The summed E-state index contributed by atoms with van der Waals surface area (Å²) in [6.07, 6.45) is 5.33. The van der Waals surface area contributed by atoms with Crippen LogP contribution < -0.4 is 5.32 Å². The molecule has 1 saturated heterocycles. The number of hydrogen-bond acceptors (Lipinski definition) is 2. The molecule has 1 aromatic carbocycles. The Morgan fingerprint density at radius 3 is 2.95 bits per heavy atom. The van der Waals surface area contributed by atoms with E-state index in [-0.39, 0.29) is 0 Å². The number of hydrogen-bond donors (Lipinski definition) is 1. The van der Waals surface area contributed by atoms with Crippen molar-refractivity contribution >= 4 is 15.9 Å². The van der Waals surface area contributed by atoms with Gasteiger partial charge in [0.25, 0.3) is 0 Å². The summed E-state index contributed by atoms with van der Waals surface area (Å²) in [5, 5.41) is 3.64. The van der Waals surface area contributed by atoms with Gasteiger partial charge in [-0.05, 0) is 62.5 Å². The Morgan fingerprint density at radius 2 is 2.24 bits per heavy atom. The summed E-state index contributed by atoms with van der Waals surface area (Å²) in [5.41, 5.74) is 1.40. The number of rotatable bonds is 8. The smallest absolute Gasteiger partial charge is 0.0332 e. The van der Waals surface area contributed by atoms with Gasteiger partial charge in [0.1, 0.15) is 0 Å². The van der Waals surface area contributed by atoms with E-state index in [0.29, 0.717) is 6.04 Å². The fraction of sp³-hybridized carbons (Fsp3) is 0.667. The van der Waals surface area contributed by atoms with Crippen molar-refractivity contribution in [1.29, 1.82) is 0 Å². The third kappa shape index (κ3) is 5.39. The second-order valence-corrected chi connectivity index (χ2v) is 7.11. The molecule has 3 heteroatoms. The van der Waals surface area contributed by atoms with Gasteiger partial charge in [-0.1, -0.05) is 48.3 Å². The van der Waals surface area contributed by atoms with Crippen LogP contribution in [0.1, 0.15) is 51.1 Å². The molecule has 1 aliphatic heterocycles. The number of benzene rings is 1. The maximum Gasteiger partial charge on any atom is 0.0332 e. The lowest BCUT2D eigenvalue weighted by atomic mass is 10.0. The van der Waals surface area contributed by atoms with Gasteiger partial charge in [-0.25, -0.2) is 0 Å². The van der Waals surface area contributed by atoms with Gasteiger partial charge in [0.2, 0.25) is 0 Å². The summed E-state index contributed by atoms with van der Waals surface area (Å²) in [6.45, 7) is 9.34. The summed E-state index contributed by atoms with van der Waals surface area (Å²) >= 11 is 3.59. The normalized spacial score (nSPS) is 20.8. The molecule has 1 N–H and O–H groups in total. The Hall–Kier alpha value is -0.380. The first-order chi connectivity index (χ1) is 10.2. The maximum atomic E-state index is 3.64. The monoisotopic (exact) mass is 352 g/mol.